The van der Waals surface area contributed by atoms with Crippen molar-refractivity contribution >= 4 is 27.4 Å². The summed E-state index contributed by atoms with van der Waals surface area (Å²) in [5, 5.41) is 12.5. The fourth-order valence-electron chi connectivity index (χ4n) is 2.77. The van der Waals surface area contributed by atoms with Crippen LogP contribution in [0.15, 0.2) is 53.4 Å². The first-order valence-corrected chi connectivity index (χ1v) is 9.75. The van der Waals surface area contributed by atoms with Gasteiger partial charge in [-0.15, -0.1) is 0 Å². The first-order valence-electron chi connectivity index (χ1n) is 8.26. The van der Waals surface area contributed by atoms with Crippen molar-refractivity contribution in [3.05, 3.63) is 54.1 Å². The quantitative estimate of drug-likeness (QED) is 0.686. The molecule has 0 spiro atoms. The van der Waals surface area contributed by atoms with Gasteiger partial charge in [0.2, 0.25) is 0 Å². The van der Waals surface area contributed by atoms with Crippen molar-refractivity contribution < 1.29 is 23.1 Å². The molecule has 0 aromatic heterocycles. The van der Waals surface area contributed by atoms with Crippen molar-refractivity contribution in [3.63, 3.8) is 0 Å². The third-order valence-corrected chi connectivity index (χ3v) is 5.48. The highest BCUT2D eigenvalue weighted by atomic mass is 32.2. The predicted octanol–water partition coefficient (Wildman–Crippen LogP) is 2.78. The largest absolute Gasteiger partial charge is 0.478 e. The highest BCUT2D eigenvalue weighted by molar-refractivity contribution is 7.92. The van der Waals surface area contributed by atoms with Crippen molar-refractivity contribution in [1.29, 1.82) is 0 Å². The maximum Gasteiger partial charge on any atom is 0.337 e. The Balaban J connectivity index is 1.81. The summed E-state index contributed by atoms with van der Waals surface area (Å²) in [6.45, 7) is 1.19. The topological polar surface area (TPSA) is 105 Å². The molecule has 1 aliphatic heterocycles. The van der Waals surface area contributed by atoms with E-state index in [-0.39, 0.29) is 16.6 Å². The fraction of sp³-hybridized carbons (Fsp3) is 0.278. The van der Waals surface area contributed by atoms with Crippen LogP contribution in [0.5, 0.6) is 0 Å². The molecule has 8 heteroatoms. The molecule has 1 saturated heterocycles. The van der Waals surface area contributed by atoms with Gasteiger partial charge in [0.1, 0.15) is 0 Å². The van der Waals surface area contributed by atoms with Crippen molar-refractivity contribution in [2.24, 2.45) is 0 Å². The highest BCUT2D eigenvalue weighted by Crippen LogP contribution is 2.23. The maximum atomic E-state index is 12.5. The lowest BCUT2D eigenvalue weighted by molar-refractivity contribution is 0.0697. The number of anilines is 2. The summed E-state index contributed by atoms with van der Waals surface area (Å²) in [4.78, 5) is 11.5. The molecule has 1 fully saturated rings. The van der Waals surface area contributed by atoms with E-state index < -0.39 is 16.0 Å². The number of benzene rings is 2. The Labute approximate surface area is 152 Å². The van der Waals surface area contributed by atoms with Crippen LogP contribution in [-0.4, -0.2) is 38.7 Å². The van der Waals surface area contributed by atoms with Gasteiger partial charge in [-0.05, 0) is 43.2 Å². The molecule has 0 aliphatic carbocycles. The number of aromatic carboxylic acids is 1. The van der Waals surface area contributed by atoms with Gasteiger partial charge in [-0.2, -0.15) is 0 Å². The Hall–Kier alpha value is -2.58. The van der Waals surface area contributed by atoms with Gasteiger partial charge in [0.15, 0.2) is 0 Å². The summed E-state index contributed by atoms with van der Waals surface area (Å²) in [5.74, 6) is -1.20. The Kier molecular flexibility index (Phi) is 5.43. The minimum absolute atomic E-state index is 0.0415. The first kappa shape index (κ1) is 18.2. The third-order valence-electron chi connectivity index (χ3n) is 4.10. The Morgan fingerprint density at radius 2 is 1.96 bits per heavy atom. The molecule has 3 N–H and O–H groups in total. The zero-order valence-electron chi connectivity index (χ0n) is 14.0. The molecule has 1 heterocycles. The smallest absolute Gasteiger partial charge is 0.337 e. The summed E-state index contributed by atoms with van der Waals surface area (Å²) >= 11 is 0. The number of para-hydroxylation sites is 1. The lowest BCUT2D eigenvalue weighted by atomic mass is 10.1. The van der Waals surface area contributed by atoms with Crippen LogP contribution < -0.4 is 10.0 Å². The summed E-state index contributed by atoms with van der Waals surface area (Å²) in [6, 6.07) is 12.4. The second kappa shape index (κ2) is 7.76. The van der Waals surface area contributed by atoms with E-state index >= 15 is 0 Å². The van der Waals surface area contributed by atoms with Crippen molar-refractivity contribution in [2.45, 2.75) is 23.8 Å². The van der Waals surface area contributed by atoms with Gasteiger partial charge in [-0.25, -0.2) is 13.2 Å². The zero-order valence-corrected chi connectivity index (χ0v) is 14.8. The minimum Gasteiger partial charge on any atom is -0.478 e. The molecule has 0 saturated carbocycles. The van der Waals surface area contributed by atoms with Crippen LogP contribution in [0.2, 0.25) is 0 Å². The molecule has 138 valence electrons. The Morgan fingerprint density at radius 1 is 1.19 bits per heavy atom. The highest BCUT2D eigenvalue weighted by Gasteiger charge is 2.21. The normalized spacial score (nSPS) is 17.0. The molecule has 26 heavy (non-hydrogen) atoms. The molecule has 2 aromatic rings. The average Bonchev–Trinajstić information content (AvgIpc) is 3.13. The molecule has 0 unspecified atom stereocenters. The van der Waals surface area contributed by atoms with Gasteiger partial charge in [-0.3, -0.25) is 4.72 Å². The van der Waals surface area contributed by atoms with Crippen LogP contribution in [0.25, 0.3) is 0 Å². The van der Waals surface area contributed by atoms with Crippen molar-refractivity contribution in [1.82, 2.24) is 0 Å². The minimum atomic E-state index is -3.88. The van der Waals surface area contributed by atoms with E-state index in [0.29, 0.717) is 24.5 Å². The van der Waals surface area contributed by atoms with E-state index in [4.69, 9.17) is 4.74 Å². The van der Waals surface area contributed by atoms with Gasteiger partial charge in [0, 0.05) is 24.5 Å². The van der Waals surface area contributed by atoms with Crippen LogP contribution >= 0.6 is 0 Å². The van der Waals surface area contributed by atoms with E-state index in [1.165, 1.54) is 12.1 Å². The van der Waals surface area contributed by atoms with E-state index in [1.807, 2.05) is 0 Å². The molecular weight excluding hydrogens is 356 g/mol. The second-order valence-electron chi connectivity index (χ2n) is 6.00. The number of hydrogen-bond acceptors (Lipinski definition) is 5. The number of ether oxygens (including phenoxy) is 1. The van der Waals surface area contributed by atoms with E-state index in [2.05, 4.69) is 10.0 Å². The molecule has 1 aliphatic rings. The number of hydrogen-bond donors (Lipinski definition) is 3. The van der Waals surface area contributed by atoms with Gasteiger partial charge in [-0.1, -0.05) is 18.2 Å². The molecule has 0 radical (unpaired) electrons. The summed E-state index contributed by atoms with van der Waals surface area (Å²) in [5.41, 5.74) is 0.676. The number of carboxylic acids is 1. The monoisotopic (exact) mass is 376 g/mol. The van der Waals surface area contributed by atoms with Crippen molar-refractivity contribution in [3.8, 4) is 0 Å². The van der Waals surface area contributed by atoms with E-state index in [9.17, 15) is 18.3 Å². The average molecular weight is 376 g/mol. The first-order chi connectivity index (χ1) is 12.5. The van der Waals surface area contributed by atoms with Gasteiger partial charge in [0.25, 0.3) is 10.0 Å². The maximum absolute atomic E-state index is 12.5. The number of carboxylic acid groups (broad SMARTS) is 1. The standard InChI is InChI=1S/C18H20N2O5S/c21-18(22)16-11-15(26(23,24)20-13-5-2-1-3-6-13)8-9-17(16)19-12-14-7-4-10-25-14/h1-3,5-6,8-9,11,14,19-20H,4,7,10,12H2,(H,21,22)/t14-/m1/s1. The number of rotatable bonds is 7. The number of nitrogens with one attached hydrogen (secondary N) is 2. The molecule has 3 rings (SSSR count). The van der Waals surface area contributed by atoms with Crippen LogP contribution in [-0.2, 0) is 14.8 Å². The molecular formula is C18H20N2O5S. The van der Waals surface area contributed by atoms with Crippen LogP contribution in [0.4, 0.5) is 11.4 Å². The Morgan fingerprint density at radius 3 is 2.62 bits per heavy atom. The van der Waals surface area contributed by atoms with Crippen LogP contribution in [0, 0.1) is 0 Å². The van der Waals surface area contributed by atoms with Gasteiger partial charge < -0.3 is 15.2 Å². The fourth-order valence-corrected chi connectivity index (χ4v) is 3.86. The summed E-state index contributed by atoms with van der Waals surface area (Å²) in [6.07, 6.45) is 1.95. The molecule has 0 amide bonds. The van der Waals surface area contributed by atoms with E-state index in [1.54, 1.807) is 30.3 Å². The lowest BCUT2D eigenvalue weighted by Crippen LogP contribution is -2.20. The second-order valence-corrected chi connectivity index (χ2v) is 7.68. The Bertz CT molecular complexity index is 878. The summed E-state index contributed by atoms with van der Waals surface area (Å²) in [7, 11) is -3.88. The molecule has 0 bridgehead atoms. The van der Waals surface area contributed by atoms with Crippen LogP contribution in [0.1, 0.15) is 23.2 Å². The zero-order chi connectivity index (χ0) is 18.6. The predicted molar refractivity (Wildman–Crippen MR) is 98.1 cm³/mol. The molecule has 1 atom stereocenters. The third kappa shape index (κ3) is 4.33. The van der Waals surface area contributed by atoms with Crippen LogP contribution in [0.3, 0.4) is 0 Å². The van der Waals surface area contributed by atoms with Gasteiger partial charge in [0.05, 0.1) is 16.6 Å². The summed E-state index contributed by atoms with van der Waals surface area (Å²) < 4.78 is 33.0. The number of sulfonamides is 1. The molecule has 2 aromatic carbocycles. The van der Waals surface area contributed by atoms with Gasteiger partial charge >= 0.3 is 5.97 Å². The lowest BCUT2D eigenvalue weighted by Gasteiger charge is -2.15. The number of carbonyl (C=O) groups is 1. The molecule has 7 nitrogen and oxygen atoms in total. The SMILES string of the molecule is O=C(O)c1cc(S(=O)(=O)Nc2ccccc2)ccc1NC[C@H]1CCCO1. The van der Waals surface area contributed by atoms with E-state index in [0.717, 1.165) is 18.9 Å². The van der Waals surface area contributed by atoms with Crippen molar-refractivity contribution in [2.75, 3.05) is 23.2 Å².